The van der Waals surface area contributed by atoms with Crippen molar-refractivity contribution in [2.24, 2.45) is 5.92 Å². The second-order valence-corrected chi connectivity index (χ2v) is 8.03. The Hall–Kier alpha value is 0.774. The van der Waals surface area contributed by atoms with Crippen LogP contribution in [0.4, 0.5) is 0 Å². The largest absolute Gasteiger partial charge is 1.00 e. The topological polar surface area (TPSA) is 0 Å². The molecule has 1 aliphatic carbocycles. The first-order chi connectivity index (χ1) is 5.46. The van der Waals surface area contributed by atoms with E-state index in [0.29, 0.717) is 0 Å². The molecule has 81 valence electrons. The Morgan fingerprint density at radius 2 is 1.36 bits per heavy atom. The minimum Gasteiger partial charge on any atom is -1.00 e. The summed E-state index contributed by atoms with van der Waals surface area (Å²) in [5, 5.41) is 4.92. The predicted molar refractivity (Wildman–Crippen MR) is 52.0 cm³/mol. The SMILES string of the molecule is CC1=C(C)C(C)[C]([Ti+2]([CH3])[CH3])=C1C.[Cl-].[Cl-]. The molecule has 0 amide bonds. The standard InChI is InChI=1S/C9H13.2CH3.2ClH.Ti/c1-6-5-7(2)9(4)8(6)3;;;;;/h6H,1-4H3;2*1H3;2*1H;/q;;;;;+2/p-2. The molecular weight excluding hydrogens is 251 g/mol. The van der Waals surface area contributed by atoms with Crippen molar-refractivity contribution in [3.05, 3.63) is 20.6 Å². The number of rotatable bonds is 1. The van der Waals surface area contributed by atoms with Crippen molar-refractivity contribution in [3.63, 3.8) is 0 Å². The summed E-state index contributed by atoms with van der Waals surface area (Å²) in [5.74, 6) is 0.759. The van der Waals surface area contributed by atoms with Crippen LogP contribution in [0.1, 0.15) is 27.7 Å². The van der Waals surface area contributed by atoms with E-state index in [-0.39, 0.29) is 24.8 Å². The molecule has 0 radical (unpaired) electrons. The first-order valence-electron chi connectivity index (χ1n) is 4.65. The summed E-state index contributed by atoms with van der Waals surface area (Å²) in [6.07, 6.45) is 0. The van der Waals surface area contributed by atoms with Gasteiger partial charge >= 0.3 is 82.5 Å². The fourth-order valence-corrected chi connectivity index (χ4v) is 5.33. The molecule has 0 aromatic rings. The normalized spacial score (nSPS) is 20.6. The van der Waals surface area contributed by atoms with Crippen LogP contribution in [0.15, 0.2) is 20.6 Å². The fraction of sp³-hybridized carbons (Fsp3) is 0.636. The Balaban J connectivity index is 0. The van der Waals surface area contributed by atoms with Crippen LogP contribution in [0.5, 0.6) is 0 Å². The zero-order valence-corrected chi connectivity index (χ0v) is 12.9. The van der Waals surface area contributed by atoms with E-state index in [4.69, 9.17) is 0 Å². The molecule has 1 aliphatic rings. The van der Waals surface area contributed by atoms with Crippen molar-refractivity contribution in [2.45, 2.75) is 38.2 Å². The van der Waals surface area contributed by atoms with E-state index in [0.717, 1.165) is 5.92 Å². The van der Waals surface area contributed by atoms with E-state index < -0.39 is 17.9 Å². The minimum atomic E-state index is -0.834. The van der Waals surface area contributed by atoms with Crippen LogP contribution < -0.4 is 24.8 Å². The molecule has 3 heteroatoms. The Bertz CT molecular complexity index is 264. The second kappa shape index (κ2) is 6.38. The third-order valence-corrected chi connectivity index (χ3v) is 6.12. The maximum Gasteiger partial charge on any atom is -1.00 e. The third kappa shape index (κ3) is 2.89. The fourth-order valence-electron chi connectivity index (χ4n) is 2.17. The van der Waals surface area contributed by atoms with Gasteiger partial charge in [-0.15, -0.1) is 0 Å². The van der Waals surface area contributed by atoms with Gasteiger partial charge < -0.3 is 24.8 Å². The van der Waals surface area contributed by atoms with E-state index >= 15 is 0 Å². The zero-order valence-electron chi connectivity index (χ0n) is 9.83. The molecule has 0 fully saturated rings. The van der Waals surface area contributed by atoms with E-state index in [1.807, 2.05) is 3.88 Å². The first-order valence-corrected chi connectivity index (χ1v) is 8.56. The molecule has 1 rings (SSSR count). The average molecular weight is 270 g/mol. The Morgan fingerprint density at radius 1 is 0.929 bits per heavy atom. The van der Waals surface area contributed by atoms with Crippen LogP contribution in [0, 0.1) is 5.92 Å². The summed E-state index contributed by atoms with van der Waals surface area (Å²) in [4.78, 5) is 0. The van der Waals surface area contributed by atoms with Crippen LogP contribution in [0.3, 0.4) is 0 Å². The van der Waals surface area contributed by atoms with Gasteiger partial charge in [0, 0.05) is 0 Å². The quantitative estimate of drug-likeness (QED) is 0.482. The van der Waals surface area contributed by atoms with Crippen molar-refractivity contribution in [1.29, 1.82) is 0 Å². The molecule has 0 aromatic carbocycles. The van der Waals surface area contributed by atoms with Crippen molar-refractivity contribution < 1.29 is 42.7 Å². The van der Waals surface area contributed by atoms with Gasteiger partial charge in [0.25, 0.3) is 0 Å². The van der Waals surface area contributed by atoms with Gasteiger partial charge in [-0.05, 0) is 0 Å². The summed E-state index contributed by atoms with van der Waals surface area (Å²) < 4.78 is 1.81. The third-order valence-electron chi connectivity index (χ3n) is 3.18. The molecule has 14 heavy (non-hydrogen) atoms. The maximum atomic E-state index is 2.46. The molecule has 0 N–H and O–H groups in total. The van der Waals surface area contributed by atoms with Crippen LogP contribution in [-0.2, 0) is 17.9 Å². The van der Waals surface area contributed by atoms with Gasteiger partial charge in [-0.1, -0.05) is 0 Å². The molecule has 0 aromatic heterocycles. The average Bonchev–Trinajstić information content (AvgIpc) is 2.16. The van der Waals surface area contributed by atoms with Crippen molar-refractivity contribution in [3.8, 4) is 0 Å². The van der Waals surface area contributed by atoms with Crippen LogP contribution in [-0.4, -0.2) is 0 Å². The Morgan fingerprint density at radius 3 is 1.50 bits per heavy atom. The van der Waals surface area contributed by atoms with Gasteiger partial charge in [0.15, 0.2) is 0 Å². The molecule has 0 nitrogen and oxygen atoms in total. The second-order valence-electron chi connectivity index (χ2n) is 4.07. The molecule has 0 saturated carbocycles. The number of hydrogen-bond acceptors (Lipinski definition) is 0. The molecule has 1 atom stereocenters. The Labute approximate surface area is 107 Å². The van der Waals surface area contributed by atoms with Crippen LogP contribution >= 0.6 is 0 Å². The van der Waals surface area contributed by atoms with Crippen LogP contribution in [0.2, 0.25) is 10.5 Å². The summed E-state index contributed by atoms with van der Waals surface area (Å²) >= 11 is -0.834. The maximum absolute atomic E-state index is 2.46. The monoisotopic (exact) mass is 269 g/mol. The number of allylic oxidation sites excluding steroid dienone is 4. The van der Waals surface area contributed by atoms with Gasteiger partial charge in [-0.25, -0.2) is 0 Å². The first kappa shape index (κ1) is 17.2. The molecule has 1 unspecified atom stereocenters. The van der Waals surface area contributed by atoms with Gasteiger partial charge in [-0.3, -0.25) is 0 Å². The minimum absolute atomic E-state index is 0. The molecule has 0 aliphatic heterocycles. The van der Waals surface area contributed by atoms with E-state index in [9.17, 15) is 0 Å². The van der Waals surface area contributed by atoms with E-state index in [1.54, 1.807) is 16.7 Å². The summed E-state index contributed by atoms with van der Waals surface area (Å²) in [6.45, 7) is 9.23. The van der Waals surface area contributed by atoms with Gasteiger partial charge in [0.1, 0.15) is 0 Å². The van der Waals surface area contributed by atoms with Crippen molar-refractivity contribution in [2.75, 3.05) is 0 Å². The molecule has 0 bridgehead atoms. The van der Waals surface area contributed by atoms with Gasteiger partial charge in [0.2, 0.25) is 0 Å². The molecule has 0 saturated heterocycles. The molecule has 0 heterocycles. The number of halogens is 2. The Kier molecular flexibility index (Phi) is 7.82. The predicted octanol–water partition coefficient (Wildman–Crippen LogP) is -2.03. The summed E-state index contributed by atoms with van der Waals surface area (Å²) in [6, 6.07) is 0. The smallest absolute Gasteiger partial charge is 1.00 e. The van der Waals surface area contributed by atoms with Crippen LogP contribution in [0.25, 0.3) is 0 Å². The van der Waals surface area contributed by atoms with Crippen molar-refractivity contribution >= 4 is 0 Å². The van der Waals surface area contributed by atoms with Gasteiger partial charge in [0.05, 0.1) is 0 Å². The molecule has 0 spiro atoms. The van der Waals surface area contributed by atoms with Crippen molar-refractivity contribution in [1.82, 2.24) is 0 Å². The number of hydrogen-bond donors (Lipinski definition) is 0. The summed E-state index contributed by atoms with van der Waals surface area (Å²) in [7, 11) is 0. The van der Waals surface area contributed by atoms with E-state index in [1.165, 1.54) is 0 Å². The molecular formula is C11H19Cl2Ti. The van der Waals surface area contributed by atoms with E-state index in [2.05, 4.69) is 38.2 Å². The van der Waals surface area contributed by atoms with Gasteiger partial charge in [-0.2, -0.15) is 0 Å². The summed E-state index contributed by atoms with van der Waals surface area (Å²) in [5.41, 5.74) is 4.78. The zero-order chi connectivity index (χ0) is 9.46.